The van der Waals surface area contributed by atoms with E-state index in [0.717, 1.165) is 16.9 Å². The van der Waals surface area contributed by atoms with Gasteiger partial charge < -0.3 is 15.4 Å². The minimum absolute atomic E-state index is 0.167. The zero-order valence-corrected chi connectivity index (χ0v) is 17.5. The molecule has 0 radical (unpaired) electrons. The van der Waals surface area contributed by atoms with Crippen LogP contribution in [0.2, 0.25) is 0 Å². The molecule has 164 valence electrons. The van der Waals surface area contributed by atoms with Crippen molar-refractivity contribution in [2.45, 2.75) is 44.8 Å². The SMILES string of the molecule is CCNC(=NCc1ccc(C)c(OC)c1)NC1CCN(S(=O)(=O)C(F)(F)F)CC1. The van der Waals surface area contributed by atoms with E-state index in [9.17, 15) is 21.6 Å². The van der Waals surface area contributed by atoms with Crippen LogP contribution in [0.25, 0.3) is 0 Å². The van der Waals surface area contributed by atoms with Crippen LogP contribution in [0.15, 0.2) is 23.2 Å². The van der Waals surface area contributed by atoms with Gasteiger partial charge in [-0.1, -0.05) is 12.1 Å². The maximum Gasteiger partial charge on any atom is 0.511 e. The fourth-order valence-corrected chi connectivity index (χ4v) is 4.02. The van der Waals surface area contributed by atoms with Gasteiger partial charge in [-0.15, -0.1) is 0 Å². The van der Waals surface area contributed by atoms with Crippen molar-refractivity contribution >= 4 is 16.0 Å². The van der Waals surface area contributed by atoms with Gasteiger partial charge in [0.05, 0.1) is 13.7 Å². The molecular weight excluding hydrogens is 409 g/mol. The van der Waals surface area contributed by atoms with Crippen LogP contribution in [0.1, 0.15) is 30.9 Å². The van der Waals surface area contributed by atoms with Gasteiger partial charge in [-0.3, -0.25) is 0 Å². The maximum atomic E-state index is 12.7. The van der Waals surface area contributed by atoms with E-state index in [1.54, 1.807) is 7.11 Å². The topological polar surface area (TPSA) is 83.0 Å². The van der Waals surface area contributed by atoms with Crippen molar-refractivity contribution in [2.75, 3.05) is 26.7 Å². The van der Waals surface area contributed by atoms with E-state index in [1.165, 1.54) is 0 Å². The van der Waals surface area contributed by atoms with Crippen molar-refractivity contribution in [1.29, 1.82) is 0 Å². The molecule has 7 nitrogen and oxygen atoms in total. The predicted octanol–water partition coefficient (Wildman–Crippen LogP) is 2.37. The van der Waals surface area contributed by atoms with Crippen molar-refractivity contribution in [3.63, 3.8) is 0 Å². The lowest BCUT2D eigenvalue weighted by Gasteiger charge is -2.32. The van der Waals surface area contributed by atoms with Gasteiger partial charge in [0.15, 0.2) is 5.96 Å². The summed E-state index contributed by atoms with van der Waals surface area (Å²) in [5.41, 5.74) is -3.29. The van der Waals surface area contributed by atoms with Gasteiger partial charge in [-0.25, -0.2) is 13.4 Å². The second-order valence-corrected chi connectivity index (χ2v) is 8.70. The van der Waals surface area contributed by atoms with Crippen LogP contribution in [0, 0.1) is 6.92 Å². The first-order valence-electron chi connectivity index (χ1n) is 9.33. The van der Waals surface area contributed by atoms with Gasteiger partial charge in [-0.05, 0) is 43.9 Å². The summed E-state index contributed by atoms with van der Waals surface area (Å²) in [5, 5.41) is 6.28. The zero-order valence-electron chi connectivity index (χ0n) is 16.7. The molecule has 29 heavy (non-hydrogen) atoms. The predicted molar refractivity (Wildman–Crippen MR) is 105 cm³/mol. The Morgan fingerprint density at radius 3 is 2.52 bits per heavy atom. The standard InChI is InChI=1S/C18H27F3N4O3S/c1-4-22-17(23-12-14-6-5-13(2)16(11-14)28-3)24-15-7-9-25(10-8-15)29(26,27)18(19,20)21/h5-6,11,15H,4,7-10,12H2,1-3H3,(H2,22,23,24). The summed E-state index contributed by atoms with van der Waals surface area (Å²) in [6.45, 7) is 4.49. The molecule has 0 spiro atoms. The summed E-state index contributed by atoms with van der Waals surface area (Å²) < 4.78 is 66.9. The Balaban J connectivity index is 1.98. The molecule has 0 atom stereocenters. The molecule has 11 heteroatoms. The number of aliphatic imine (C=N–C) groups is 1. The fourth-order valence-electron chi connectivity index (χ4n) is 3.03. The van der Waals surface area contributed by atoms with Gasteiger partial charge in [0.1, 0.15) is 5.75 Å². The number of hydrogen-bond donors (Lipinski definition) is 2. The lowest BCUT2D eigenvalue weighted by Crippen LogP contribution is -2.51. The number of halogens is 3. The molecule has 1 aliphatic rings. The first-order chi connectivity index (χ1) is 13.6. The largest absolute Gasteiger partial charge is 0.511 e. The quantitative estimate of drug-likeness (QED) is 0.529. The first-order valence-corrected chi connectivity index (χ1v) is 10.8. The van der Waals surface area contributed by atoms with E-state index in [-0.39, 0.29) is 32.0 Å². The molecule has 1 aromatic rings. The first kappa shape index (κ1) is 23.3. The molecule has 0 aliphatic carbocycles. The van der Waals surface area contributed by atoms with Gasteiger partial charge in [0.2, 0.25) is 0 Å². The van der Waals surface area contributed by atoms with Gasteiger partial charge >= 0.3 is 15.5 Å². The smallest absolute Gasteiger partial charge is 0.496 e. The molecule has 0 aromatic heterocycles. The highest BCUT2D eigenvalue weighted by Crippen LogP contribution is 2.29. The average molecular weight is 437 g/mol. The zero-order chi connectivity index (χ0) is 21.7. The number of methoxy groups -OCH3 is 1. The van der Waals surface area contributed by atoms with Crippen LogP contribution in [-0.4, -0.2) is 57.0 Å². The van der Waals surface area contributed by atoms with Crippen molar-refractivity contribution in [1.82, 2.24) is 14.9 Å². The van der Waals surface area contributed by atoms with Gasteiger partial charge in [-0.2, -0.15) is 17.5 Å². The van der Waals surface area contributed by atoms with E-state index in [0.29, 0.717) is 23.4 Å². The van der Waals surface area contributed by atoms with Gasteiger partial charge in [0.25, 0.3) is 0 Å². The van der Waals surface area contributed by atoms with E-state index < -0.39 is 15.5 Å². The number of aryl methyl sites for hydroxylation is 1. The van der Waals surface area contributed by atoms with Crippen molar-refractivity contribution in [3.8, 4) is 5.75 Å². The number of ether oxygens (including phenoxy) is 1. The molecule has 2 rings (SSSR count). The third-order valence-corrected chi connectivity index (χ3v) is 6.29. The highest BCUT2D eigenvalue weighted by Gasteiger charge is 2.50. The molecule has 1 saturated heterocycles. The highest BCUT2D eigenvalue weighted by molar-refractivity contribution is 7.90. The Kier molecular flexibility index (Phi) is 7.75. The molecule has 0 amide bonds. The minimum Gasteiger partial charge on any atom is -0.496 e. The van der Waals surface area contributed by atoms with E-state index in [1.807, 2.05) is 32.0 Å². The van der Waals surface area contributed by atoms with Crippen LogP contribution < -0.4 is 15.4 Å². The number of nitrogens with zero attached hydrogens (tertiary/aromatic N) is 2. The normalized spacial score (nSPS) is 17.2. The van der Waals surface area contributed by atoms with E-state index in [2.05, 4.69) is 15.6 Å². The molecule has 2 N–H and O–H groups in total. The lowest BCUT2D eigenvalue weighted by molar-refractivity contribution is -0.0494. The van der Waals surface area contributed by atoms with Crippen LogP contribution in [0.3, 0.4) is 0 Å². The Hall–Kier alpha value is -2.01. The second-order valence-electron chi connectivity index (χ2n) is 6.77. The molecule has 1 aromatic carbocycles. The number of benzene rings is 1. The van der Waals surface area contributed by atoms with Crippen molar-refractivity contribution in [2.24, 2.45) is 4.99 Å². The molecular formula is C18H27F3N4O3S. The average Bonchev–Trinajstić information content (AvgIpc) is 2.67. The number of sulfonamides is 1. The third kappa shape index (κ3) is 5.99. The van der Waals surface area contributed by atoms with Crippen molar-refractivity contribution < 1.29 is 26.3 Å². The summed E-state index contributed by atoms with van der Waals surface area (Å²) in [7, 11) is -3.67. The molecule has 0 unspecified atom stereocenters. The Morgan fingerprint density at radius 1 is 1.31 bits per heavy atom. The Bertz CT molecular complexity index is 820. The summed E-state index contributed by atoms with van der Waals surface area (Å²) in [5.74, 6) is 1.30. The maximum absolute atomic E-state index is 12.7. The third-order valence-electron chi connectivity index (χ3n) is 4.66. The lowest BCUT2D eigenvalue weighted by atomic mass is 10.1. The number of nitrogens with one attached hydrogen (secondary N) is 2. The number of rotatable bonds is 6. The fraction of sp³-hybridized carbons (Fsp3) is 0.611. The number of guanidine groups is 1. The van der Waals surface area contributed by atoms with Crippen LogP contribution >= 0.6 is 0 Å². The summed E-state index contributed by atoms with van der Waals surface area (Å²) in [6, 6.07) is 5.63. The summed E-state index contributed by atoms with van der Waals surface area (Å²) >= 11 is 0. The number of alkyl halides is 3. The molecule has 1 heterocycles. The molecule has 1 fully saturated rings. The van der Waals surface area contributed by atoms with Crippen LogP contribution in [0.5, 0.6) is 5.75 Å². The molecule has 0 saturated carbocycles. The van der Waals surface area contributed by atoms with Crippen LogP contribution in [0.4, 0.5) is 13.2 Å². The Morgan fingerprint density at radius 2 is 1.97 bits per heavy atom. The number of hydrogen-bond acceptors (Lipinski definition) is 4. The number of piperidine rings is 1. The summed E-state index contributed by atoms with van der Waals surface area (Å²) in [6.07, 6.45) is 0.524. The molecule has 1 aliphatic heterocycles. The van der Waals surface area contributed by atoms with Gasteiger partial charge in [0, 0.05) is 25.7 Å². The van der Waals surface area contributed by atoms with E-state index >= 15 is 0 Å². The summed E-state index contributed by atoms with van der Waals surface area (Å²) in [4.78, 5) is 4.52. The molecule has 0 bridgehead atoms. The highest BCUT2D eigenvalue weighted by atomic mass is 32.2. The minimum atomic E-state index is -5.27. The van der Waals surface area contributed by atoms with Crippen molar-refractivity contribution in [3.05, 3.63) is 29.3 Å². The van der Waals surface area contributed by atoms with E-state index in [4.69, 9.17) is 4.74 Å². The monoisotopic (exact) mass is 436 g/mol. The second kappa shape index (κ2) is 9.66. The van der Waals surface area contributed by atoms with Crippen LogP contribution in [-0.2, 0) is 16.6 Å². The Labute approximate surface area is 169 Å².